The fourth-order valence-corrected chi connectivity index (χ4v) is 2.32. The molecule has 0 bridgehead atoms. The third-order valence-electron chi connectivity index (χ3n) is 3.48. The zero-order valence-electron chi connectivity index (χ0n) is 12.9. The van der Waals surface area contributed by atoms with Crippen LogP contribution in [-0.2, 0) is 6.54 Å². The summed E-state index contributed by atoms with van der Waals surface area (Å²) in [5.74, 6) is 1.03. The molecule has 124 valence electrons. The first-order valence-electron chi connectivity index (χ1n) is 7.45. The monoisotopic (exact) mass is 327 g/mol. The molecule has 1 aliphatic heterocycles. The van der Waals surface area contributed by atoms with Crippen LogP contribution < -0.4 is 25.8 Å². The van der Waals surface area contributed by atoms with Gasteiger partial charge in [-0.05, 0) is 35.9 Å². The molecule has 0 fully saturated rings. The Morgan fingerprint density at radius 3 is 2.42 bits per heavy atom. The summed E-state index contributed by atoms with van der Waals surface area (Å²) in [7, 11) is 0. The van der Waals surface area contributed by atoms with Crippen molar-refractivity contribution in [2.45, 2.75) is 6.54 Å². The highest BCUT2D eigenvalue weighted by Crippen LogP contribution is 2.30. The van der Waals surface area contributed by atoms with Gasteiger partial charge in [-0.1, -0.05) is 12.1 Å². The number of fused-ring (bicyclic) bond motifs is 1. The van der Waals surface area contributed by atoms with Crippen LogP contribution in [0.15, 0.2) is 42.5 Å². The maximum Gasteiger partial charge on any atom is 0.316 e. The summed E-state index contributed by atoms with van der Waals surface area (Å²) in [6, 6.07) is 11.5. The smallest absolute Gasteiger partial charge is 0.316 e. The van der Waals surface area contributed by atoms with Crippen molar-refractivity contribution < 1.29 is 19.1 Å². The van der Waals surface area contributed by atoms with E-state index in [1.165, 1.54) is 0 Å². The van der Waals surface area contributed by atoms with Gasteiger partial charge in [0.1, 0.15) is 13.2 Å². The zero-order chi connectivity index (χ0) is 16.9. The van der Waals surface area contributed by atoms with Crippen molar-refractivity contribution in [1.29, 1.82) is 0 Å². The predicted octanol–water partition coefficient (Wildman–Crippen LogP) is 1.88. The molecular formula is C17H17N3O4. The van der Waals surface area contributed by atoms with E-state index in [9.17, 15) is 9.59 Å². The molecule has 7 heteroatoms. The number of urea groups is 1. The van der Waals surface area contributed by atoms with E-state index in [-0.39, 0.29) is 5.91 Å². The molecule has 0 radical (unpaired) electrons. The lowest BCUT2D eigenvalue weighted by molar-refractivity contribution is 0.0949. The molecule has 0 spiro atoms. The molecule has 0 saturated carbocycles. The van der Waals surface area contributed by atoms with Crippen LogP contribution in [0.3, 0.4) is 0 Å². The van der Waals surface area contributed by atoms with E-state index in [1.54, 1.807) is 42.5 Å². The Labute approximate surface area is 138 Å². The first-order valence-corrected chi connectivity index (χ1v) is 7.45. The Morgan fingerprint density at radius 2 is 1.71 bits per heavy atom. The Hall–Kier alpha value is -3.22. The summed E-state index contributed by atoms with van der Waals surface area (Å²) in [5.41, 5.74) is 7.05. The predicted molar refractivity (Wildman–Crippen MR) is 88.3 cm³/mol. The maximum absolute atomic E-state index is 12.2. The minimum Gasteiger partial charge on any atom is -0.486 e. The second-order valence-electron chi connectivity index (χ2n) is 5.23. The van der Waals surface area contributed by atoms with Crippen molar-refractivity contribution in [1.82, 2.24) is 5.32 Å². The normalized spacial score (nSPS) is 12.3. The summed E-state index contributed by atoms with van der Waals surface area (Å²) in [4.78, 5) is 23.0. The van der Waals surface area contributed by atoms with Gasteiger partial charge >= 0.3 is 6.03 Å². The van der Waals surface area contributed by atoms with Crippen LogP contribution in [0.2, 0.25) is 0 Å². The van der Waals surface area contributed by atoms with E-state index in [2.05, 4.69) is 10.6 Å². The molecule has 2 aromatic rings. The number of anilines is 1. The Balaban J connectivity index is 1.60. The molecule has 0 saturated heterocycles. The summed E-state index contributed by atoms with van der Waals surface area (Å²) in [5, 5.41) is 5.31. The Morgan fingerprint density at radius 1 is 1.00 bits per heavy atom. The van der Waals surface area contributed by atoms with E-state index < -0.39 is 6.03 Å². The number of primary amides is 1. The van der Waals surface area contributed by atoms with Gasteiger partial charge in [-0.15, -0.1) is 0 Å². The first kappa shape index (κ1) is 15.7. The van der Waals surface area contributed by atoms with E-state index in [1.807, 2.05) is 0 Å². The van der Waals surface area contributed by atoms with Crippen molar-refractivity contribution in [3.63, 3.8) is 0 Å². The van der Waals surface area contributed by atoms with Crippen molar-refractivity contribution in [3.8, 4) is 11.5 Å². The summed E-state index contributed by atoms with van der Waals surface area (Å²) in [6.07, 6.45) is 0. The lowest BCUT2D eigenvalue weighted by Gasteiger charge is -2.18. The highest BCUT2D eigenvalue weighted by molar-refractivity contribution is 5.94. The van der Waals surface area contributed by atoms with Crippen LogP contribution in [0.25, 0.3) is 0 Å². The Kier molecular flexibility index (Phi) is 4.51. The lowest BCUT2D eigenvalue weighted by atomic mass is 10.1. The van der Waals surface area contributed by atoms with Gasteiger partial charge in [-0.3, -0.25) is 4.79 Å². The minimum absolute atomic E-state index is 0.202. The molecule has 24 heavy (non-hydrogen) atoms. The van der Waals surface area contributed by atoms with Crippen molar-refractivity contribution in [2.24, 2.45) is 5.73 Å². The fraction of sp³-hybridized carbons (Fsp3) is 0.176. The summed E-state index contributed by atoms with van der Waals surface area (Å²) < 4.78 is 10.9. The number of nitrogens with two attached hydrogens (primary N) is 1. The van der Waals surface area contributed by atoms with Crippen LogP contribution >= 0.6 is 0 Å². The third kappa shape index (κ3) is 3.75. The number of carbonyl (C=O) groups excluding carboxylic acids is 2. The van der Waals surface area contributed by atoms with Gasteiger partial charge in [0.05, 0.1) is 0 Å². The molecule has 0 atom stereocenters. The molecule has 7 nitrogen and oxygen atoms in total. The highest BCUT2D eigenvalue weighted by atomic mass is 16.6. The summed E-state index contributed by atoms with van der Waals surface area (Å²) in [6.45, 7) is 1.35. The number of amides is 3. The quantitative estimate of drug-likeness (QED) is 0.797. The molecule has 0 aliphatic carbocycles. The van der Waals surface area contributed by atoms with Gasteiger partial charge in [0, 0.05) is 17.8 Å². The largest absolute Gasteiger partial charge is 0.486 e. The Bertz CT molecular complexity index is 759. The number of nitrogens with one attached hydrogen (secondary N) is 2. The molecular weight excluding hydrogens is 310 g/mol. The molecule has 2 aromatic carbocycles. The minimum atomic E-state index is -0.616. The van der Waals surface area contributed by atoms with Gasteiger partial charge in [0.2, 0.25) is 0 Å². The number of carbonyl (C=O) groups is 2. The molecule has 0 unspecified atom stereocenters. The maximum atomic E-state index is 12.2. The molecule has 3 amide bonds. The number of ether oxygens (including phenoxy) is 2. The van der Waals surface area contributed by atoms with Gasteiger partial charge < -0.3 is 25.8 Å². The standard InChI is InChI=1S/C17H17N3O4/c18-17(22)20-13-4-1-11(2-5-13)10-19-16(21)12-3-6-14-15(9-12)24-8-7-23-14/h1-6,9H,7-8,10H2,(H,19,21)(H3,18,20,22). The van der Waals surface area contributed by atoms with Crippen molar-refractivity contribution >= 4 is 17.6 Å². The second kappa shape index (κ2) is 6.91. The van der Waals surface area contributed by atoms with Crippen LogP contribution in [-0.4, -0.2) is 25.2 Å². The molecule has 0 aromatic heterocycles. The highest BCUT2D eigenvalue weighted by Gasteiger charge is 2.14. The fourth-order valence-electron chi connectivity index (χ4n) is 2.32. The van der Waals surface area contributed by atoms with Crippen molar-refractivity contribution in [2.75, 3.05) is 18.5 Å². The number of benzene rings is 2. The topological polar surface area (TPSA) is 103 Å². The lowest BCUT2D eigenvalue weighted by Crippen LogP contribution is -2.23. The van der Waals surface area contributed by atoms with E-state index >= 15 is 0 Å². The van der Waals surface area contributed by atoms with Crippen LogP contribution in [0.5, 0.6) is 11.5 Å². The van der Waals surface area contributed by atoms with Crippen LogP contribution in [0.4, 0.5) is 10.5 Å². The third-order valence-corrected chi connectivity index (χ3v) is 3.48. The van der Waals surface area contributed by atoms with E-state index in [0.717, 1.165) is 5.56 Å². The molecule has 1 heterocycles. The van der Waals surface area contributed by atoms with Crippen LogP contribution in [0, 0.1) is 0 Å². The second-order valence-corrected chi connectivity index (χ2v) is 5.23. The van der Waals surface area contributed by atoms with Crippen molar-refractivity contribution in [3.05, 3.63) is 53.6 Å². The number of rotatable bonds is 4. The average molecular weight is 327 g/mol. The van der Waals surface area contributed by atoms with E-state index in [0.29, 0.717) is 42.5 Å². The summed E-state index contributed by atoms with van der Waals surface area (Å²) >= 11 is 0. The molecule has 3 rings (SSSR count). The van der Waals surface area contributed by atoms with Gasteiger partial charge in [0.25, 0.3) is 5.91 Å². The van der Waals surface area contributed by atoms with Crippen LogP contribution in [0.1, 0.15) is 15.9 Å². The number of hydrogen-bond acceptors (Lipinski definition) is 4. The van der Waals surface area contributed by atoms with E-state index in [4.69, 9.17) is 15.2 Å². The zero-order valence-corrected chi connectivity index (χ0v) is 12.9. The first-order chi connectivity index (χ1) is 11.6. The average Bonchev–Trinajstić information content (AvgIpc) is 2.60. The molecule has 4 N–H and O–H groups in total. The van der Waals surface area contributed by atoms with Gasteiger partial charge in [-0.2, -0.15) is 0 Å². The number of hydrogen-bond donors (Lipinski definition) is 3. The van der Waals surface area contributed by atoms with Gasteiger partial charge in [0.15, 0.2) is 11.5 Å². The molecule has 1 aliphatic rings. The SMILES string of the molecule is NC(=O)Nc1ccc(CNC(=O)c2ccc3c(c2)OCCO3)cc1. The van der Waals surface area contributed by atoms with Gasteiger partial charge in [-0.25, -0.2) is 4.79 Å².